The van der Waals surface area contributed by atoms with Gasteiger partial charge in [0, 0.05) is 20.6 Å². The molecule has 1 fully saturated rings. The molecule has 7 nitrogen and oxygen atoms in total. The summed E-state index contributed by atoms with van der Waals surface area (Å²) in [6.45, 7) is 2.59. The molecule has 1 aromatic rings. The summed E-state index contributed by atoms with van der Waals surface area (Å²) in [6.07, 6.45) is 4.59. The van der Waals surface area contributed by atoms with Gasteiger partial charge in [-0.2, -0.15) is 9.66 Å². The highest BCUT2D eigenvalue weighted by Gasteiger charge is 2.24. The summed E-state index contributed by atoms with van der Waals surface area (Å²) >= 11 is 0. The Bertz CT molecular complexity index is 589. The van der Waals surface area contributed by atoms with E-state index >= 15 is 0 Å². The predicted molar refractivity (Wildman–Crippen MR) is 78.4 cm³/mol. The van der Waals surface area contributed by atoms with Crippen molar-refractivity contribution in [3.05, 3.63) is 21.0 Å². The largest absolute Gasteiger partial charge is 0.355 e. The maximum atomic E-state index is 12.2. The van der Waals surface area contributed by atoms with Crippen molar-refractivity contribution in [2.24, 2.45) is 11.8 Å². The summed E-state index contributed by atoms with van der Waals surface area (Å²) in [4.78, 5) is 29.7. The molecule has 1 aliphatic rings. The first-order chi connectivity index (χ1) is 9.41. The molecule has 1 saturated carbocycles. The van der Waals surface area contributed by atoms with E-state index in [0.717, 1.165) is 23.9 Å². The third kappa shape index (κ3) is 2.71. The molecule has 0 amide bonds. The Labute approximate surface area is 118 Å². The van der Waals surface area contributed by atoms with Crippen LogP contribution in [0.2, 0.25) is 0 Å². The molecular formula is C13H23N5O2. The number of nitrogen functional groups attached to an aromatic ring is 1. The lowest BCUT2D eigenvalue weighted by atomic mass is 9.80. The van der Waals surface area contributed by atoms with Crippen LogP contribution >= 0.6 is 0 Å². The van der Waals surface area contributed by atoms with Gasteiger partial charge >= 0.3 is 11.4 Å². The summed E-state index contributed by atoms with van der Waals surface area (Å²) in [6, 6.07) is 0. The Morgan fingerprint density at radius 1 is 1.30 bits per heavy atom. The first-order valence-electron chi connectivity index (χ1n) is 7.08. The third-order valence-electron chi connectivity index (χ3n) is 4.19. The van der Waals surface area contributed by atoms with Gasteiger partial charge in [0.05, 0.1) is 0 Å². The molecule has 0 spiro atoms. The normalized spacial score (nSPS) is 22.8. The zero-order valence-electron chi connectivity index (χ0n) is 12.4. The van der Waals surface area contributed by atoms with Crippen LogP contribution in [-0.4, -0.2) is 28.3 Å². The monoisotopic (exact) mass is 281 g/mol. The highest BCUT2D eigenvalue weighted by atomic mass is 16.2. The van der Waals surface area contributed by atoms with Crippen LogP contribution in [0.15, 0.2) is 9.59 Å². The average Bonchev–Trinajstić information content (AvgIpc) is 2.40. The topological polar surface area (TPSA) is 86.2 Å². The lowest BCUT2D eigenvalue weighted by Crippen LogP contribution is -2.48. The molecule has 112 valence electrons. The van der Waals surface area contributed by atoms with Gasteiger partial charge in [-0.15, -0.1) is 0 Å². The second-order valence-corrected chi connectivity index (χ2v) is 5.87. The van der Waals surface area contributed by atoms with E-state index in [0.29, 0.717) is 18.4 Å². The van der Waals surface area contributed by atoms with Crippen molar-refractivity contribution in [1.29, 1.82) is 0 Å². The summed E-state index contributed by atoms with van der Waals surface area (Å²) in [5.74, 6) is 6.78. The van der Waals surface area contributed by atoms with E-state index in [9.17, 15) is 9.59 Å². The van der Waals surface area contributed by atoms with Crippen molar-refractivity contribution in [3.8, 4) is 0 Å². The van der Waals surface area contributed by atoms with Crippen LogP contribution in [0.1, 0.15) is 32.6 Å². The van der Waals surface area contributed by atoms with Crippen molar-refractivity contribution in [1.82, 2.24) is 14.2 Å². The molecule has 7 heteroatoms. The Kier molecular flexibility index (Phi) is 4.15. The Morgan fingerprint density at radius 3 is 2.55 bits per heavy atom. The molecule has 20 heavy (non-hydrogen) atoms. The van der Waals surface area contributed by atoms with E-state index < -0.39 is 11.4 Å². The van der Waals surface area contributed by atoms with Gasteiger partial charge in [-0.3, -0.25) is 0 Å². The van der Waals surface area contributed by atoms with Gasteiger partial charge in [-0.05, 0) is 18.3 Å². The standard InChI is InChI=1S/C13H23N5O2/c1-9-6-4-5-7-10(9)8-17-12(19)15-11(16(2)3)18(14)13(17)20/h9-10H,4-8,14H2,1-3H3/t9-,10+/m1/s1. The molecule has 2 atom stereocenters. The minimum Gasteiger partial charge on any atom is -0.347 e. The third-order valence-corrected chi connectivity index (χ3v) is 4.19. The smallest absolute Gasteiger partial charge is 0.347 e. The molecule has 1 heterocycles. The molecule has 0 radical (unpaired) electrons. The number of anilines is 1. The van der Waals surface area contributed by atoms with E-state index in [4.69, 9.17) is 5.84 Å². The van der Waals surface area contributed by atoms with E-state index in [1.165, 1.54) is 11.0 Å². The second kappa shape index (κ2) is 5.68. The first kappa shape index (κ1) is 14.6. The van der Waals surface area contributed by atoms with Gasteiger partial charge in [-0.25, -0.2) is 14.2 Å². The number of rotatable bonds is 3. The van der Waals surface area contributed by atoms with Crippen LogP contribution in [0, 0.1) is 11.8 Å². The Hall–Kier alpha value is -1.79. The number of hydrogen-bond acceptors (Lipinski definition) is 5. The van der Waals surface area contributed by atoms with Crippen molar-refractivity contribution < 1.29 is 0 Å². The SMILES string of the molecule is C[C@@H]1CCCC[C@H]1Cn1c(=O)nc(N(C)C)n(N)c1=O. The lowest BCUT2D eigenvalue weighted by Gasteiger charge is -2.29. The molecule has 0 aliphatic heterocycles. The quantitative estimate of drug-likeness (QED) is 0.789. The van der Waals surface area contributed by atoms with Gasteiger partial charge in [0.15, 0.2) is 0 Å². The van der Waals surface area contributed by atoms with Crippen molar-refractivity contribution in [3.63, 3.8) is 0 Å². The number of nitrogens with zero attached hydrogens (tertiary/aromatic N) is 4. The lowest BCUT2D eigenvalue weighted by molar-refractivity contribution is 0.222. The summed E-state index contributed by atoms with van der Waals surface area (Å²) in [7, 11) is 3.39. The predicted octanol–water partition coefficient (Wildman–Crippen LogP) is 0.0111. The van der Waals surface area contributed by atoms with Crippen molar-refractivity contribution in [2.45, 2.75) is 39.2 Å². The molecule has 1 aromatic heterocycles. The van der Waals surface area contributed by atoms with E-state index in [1.54, 1.807) is 19.0 Å². The van der Waals surface area contributed by atoms with Gasteiger partial charge < -0.3 is 10.7 Å². The van der Waals surface area contributed by atoms with Gasteiger partial charge in [0.1, 0.15) is 0 Å². The summed E-state index contributed by atoms with van der Waals surface area (Å²) < 4.78 is 2.11. The van der Waals surface area contributed by atoms with Gasteiger partial charge in [0.2, 0.25) is 5.95 Å². The molecule has 1 aliphatic carbocycles. The number of hydrogen-bond donors (Lipinski definition) is 1. The van der Waals surface area contributed by atoms with E-state index in [1.807, 2.05) is 0 Å². The Balaban J connectivity index is 2.35. The van der Waals surface area contributed by atoms with Crippen LogP contribution < -0.4 is 22.1 Å². The van der Waals surface area contributed by atoms with Crippen molar-refractivity contribution in [2.75, 3.05) is 24.8 Å². The average molecular weight is 281 g/mol. The molecule has 0 saturated heterocycles. The number of aromatic nitrogens is 3. The molecular weight excluding hydrogens is 258 g/mol. The highest BCUT2D eigenvalue weighted by molar-refractivity contribution is 5.26. The minimum atomic E-state index is -0.516. The van der Waals surface area contributed by atoms with Crippen LogP contribution in [-0.2, 0) is 6.54 Å². The molecule has 2 N–H and O–H groups in total. The molecule has 0 unspecified atom stereocenters. The maximum absolute atomic E-state index is 12.2. The van der Waals surface area contributed by atoms with Crippen LogP contribution in [0.25, 0.3) is 0 Å². The maximum Gasteiger partial charge on any atom is 0.355 e. The van der Waals surface area contributed by atoms with Crippen LogP contribution in [0.5, 0.6) is 0 Å². The van der Waals surface area contributed by atoms with Crippen LogP contribution in [0.4, 0.5) is 5.95 Å². The fourth-order valence-corrected chi connectivity index (χ4v) is 2.87. The first-order valence-corrected chi connectivity index (χ1v) is 7.08. The summed E-state index contributed by atoms with van der Waals surface area (Å²) in [5, 5.41) is 0. The number of nitrogens with two attached hydrogens (primary N) is 1. The summed E-state index contributed by atoms with van der Waals surface area (Å²) in [5.41, 5.74) is -1.01. The molecule has 2 rings (SSSR count). The van der Waals surface area contributed by atoms with E-state index in [-0.39, 0.29) is 5.95 Å². The zero-order chi connectivity index (χ0) is 14.9. The van der Waals surface area contributed by atoms with Gasteiger partial charge in [-0.1, -0.05) is 26.2 Å². The Morgan fingerprint density at radius 2 is 1.95 bits per heavy atom. The fraction of sp³-hybridized carbons (Fsp3) is 0.769. The van der Waals surface area contributed by atoms with Crippen molar-refractivity contribution >= 4 is 5.95 Å². The van der Waals surface area contributed by atoms with Crippen LogP contribution in [0.3, 0.4) is 0 Å². The van der Waals surface area contributed by atoms with E-state index in [2.05, 4.69) is 11.9 Å². The highest BCUT2D eigenvalue weighted by Crippen LogP contribution is 2.30. The minimum absolute atomic E-state index is 0.174. The molecule has 0 bridgehead atoms. The van der Waals surface area contributed by atoms with Gasteiger partial charge in [0.25, 0.3) is 0 Å². The fourth-order valence-electron chi connectivity index (χ4n) is 2.87. The second-order valence-electron chi connectivity index (χ2n) is 5.87. The molecule has 0 aromatic carbocycles. The zero-order valence-corrected chi connectivity index (χ0v) is 12.4.